The number of aromatic nitrogens is 2. The van der Waals surface area contributed by atoms with Gasteiger partial charge in [0, 0.05) is 48.8 Å². The Bertz CT molecular complexity index is 1170. The zero-order chi connectivity index (χ0) is 20.9. The minimum absolute atomic E-state index is 0.0801. The number of pyridine rings is 1. The highest BCUT2D eigenvalue weighted by atomic mass is 16.5. The molecule has 160 valence electrons. The van der Waals surface area contributed by atoms with Crippen LogP contribution in [0.25, 0.3) is 5.65 Å². The van der Waals surface area contributed by atoms with Gasteiger partial charge in [-0.3, -0.25) is 4.79 Å². The van der Waals surface area contributed by atoms with Gasteiger partial charge in [0.2, 0.25) is 0 Å². The number of amides is 1. The molecule has 7 nitrogen and oxygen atoms in total. The van der Waals surface area contributed by atoms with Gasteiger partial charge in [-0.05, 0) is 37.3 Å². The molecule has 0 spiro atoms. The Morgan fingerprint density at radius 3 is 2.84 bits per heavy atom. The molecule has 5 heterocycles. The Labute approximate surface area is 180 Å². The number of nitrogens with one attached hydrogen (secondary N) is 1. The minimum Gasteiger partial charge on any atom is -0.496 e. The van der Waals surface area contributed by atoms with Crippen LogP contribution in [0.1, 0.15) is 71.0 Å². The van der Waals surface area contributed by atoms with Gasteiger partial charge in [-0.25, -0.2) is 4.98 Å². The molecule has 0 radical (unpaired) electrons. The molecule has 2 bridgehead atoms. The number of carbonyl (C=O) groups excluding carboxylic acids is 1. The van der Waals surface area contributed by atoms with E-state index in [9.17, 15) is 4.79 Å². The second-order valence-corrected chi connectivity index (χ2v) is 8.53. The van der Waals surface area contributed by atoms with Crippen LogP contribution in [0.4, 0.5) is 5.69 Å². The van der Waals surface area contributed by atoms with Crippen molar-refractivity contribution in [2.75, 3.05) is 25.6 Å². The average molecular weight is 419 g/mol. The molecule has 1 N–H and O–H groups in total. The number of imidazole rings is 1. The predicted molar refractivity (Wildman–Crippen MR) is 115 cm³/mol. The molecule has 6 rings (SSSR count). The van der Waals surface area contributed by atoms with Crippen molar-refractivity contribution in [2.45, 2.75) is 43.8 Å². The van der Waals surface area contributed by atoms with Gasteiger partial charge in [-0.15, -0.1) is 0 Å². The maximum atomic E-state index is 13.3. The van der Waals surface area contributed by atoms with Gasteiger partial charge in [0.25, 0.3) is 5.91 Å². The molecular formula is C24H25N3O4. The highest BCUT2D eigenvalue weighted by Gasteiger charge is 2.39. The molecule has 2 saturated heterocycles. The first-order valence-corrected chi connectivity index (χ1v) is 11.0. The van der Waals surface area contributed by atoms with Crippen molar-refractivity contribution in [3.63, 3.8) is 0 Å². The summed E-state index contributed by atoms with van der Waals surface area (Å²) in [6.07, 6.45) is 8.07. The summed E-state index contributed by atoms with van der Waals surface area (Å²) < 4.78 is 19.0. The molecule has 2 aromatic heterocycles. The molecule has 0 aliphatic carbocycles. The molecule has 3 aromatic rings. The lowest BCUT2D eigenvalue weighted by Gasteiger charge is -2.19. The molecule has 2 fully saturated rings. The first kappa shape index (κ1) is 18.8. The van der Waals surface area contributed by atoms with E-state index >= 15 is 0 Å². The molecule has 1 amide bonds. The highest BCUT2D eigenvalue weighted by molar-refractivity contribution is 6.06. The topological polar surface area (TPSA) is 74.1 Å². The molecule has 2 atom stereocenters. The second-order valence-electron chi connectivity index (χ2n) is 8.53. The Morgan fingerprint density at radius 1 is 1.16 bits per heavy atom. The van der Waals surface area contributed by atoms with Gasteiger partial charge in [-0.2, -0.15) is 0 Å². The third-order valence-electron chi connectivity index (χ3n) is 6.75. The van der Waals surface area contributed by atoms with Crippen LogP contribution in [-0.4, -0.2) is 35.6 Å². The number of carbonyl (C=O) groups is 1. The number of hydrogen-bond donors (Lipinski definition) is 1. The molecule has 3 aliphatic heterocycles. The van der Waals surface area contributed by atoms with E-state index in [2.05, 4.69) is 11.4 Å². The first-order valence-electron chi connectivity index (χ1n) is 11.0. The summed E-state index contributed by atoms with van der Waals surface area (Å²) >= 11 is 0. The van der Waals surface area contributed by atoms with E-state index < -0.39 is 0 Å². The van der Waals surface area contributed by atoms with Crippen molar-refractivity contribution in [1.82, 2.24) is 9.38 Å². The van der Waals surface area contributed by atoms with Crippen molar-refractivity contribution in [2.24, 2.45) is 0 Å². The van der Waals surface area contributed by atoms with Gasteiger partial charge < -0.3 is 23.9 Å². The second kappa shape index (κ2) is 7.35. The lowest BCUT2D eigenvalue weighted by Crippen LogP contribution is -2.16. The zero-order valence-corrected chi connectivity index (χ0v) is 17.5. The number of rotatable bonds is 4. The van der Waals surface area contributed by atoms with Crippen LogP contribution in [0.3, 0.4) is 0 Å². The summed E-state index contributed by atoms with van der Waals surface area (Å²) in [4.78, 5) is 18.1. The van der Waals surface area contributed by atoms with E-state index in [-0.39, 0.29) is 18.1 Å². The van der Waals surface area contributed by atoms with E-state index in [0.29, 0.717) is 17.2 Å². The quantitative estimate of drug-likeness (QED) is 0.679. The average Bonchev–Trinajstić information content (AvgIpc) is 3.53. The predicted octanol–water partition coefficient (Wildman–Crippen LogP) is 4.40. The lowest BCUT2D eigenvalue weighted by atomic mass is 9.90. The van der Waals surface area contributed by atoms with Crippen LogP contribution in [0, 0.1) is 0 Å². The molecule has 31 heavy (non-hydrogen) atoms. The van der Waals surface area contributed by atoms with Gasteiger partial charge >= 0.3 is 0 Å². The standard InChI is InChI=1S/C24H25N3O4/c1-29-21-11-22-25-18(14-7-9-30-10-8-14)13-27(22)12-16(21)24(28)26-17-4-2-3-15-19-5-6-20(31-19)23(15)17/h2-4,11-14,19-20H,5-10H2,1H3,(H,26,28). The molecule has 0 saturated carbocycles. The van der Waals surface area contributed by atoms with E-state index in [1.54, 1.807) is 7.11 Å². The van der Waals surface area contributed by atoms with Crippen LogP contribution in [0.5, 0.6) is 5.75 Å². The molecule has 1 aromatic carbocycles. The Morgan fingerprint density at radius 2 is 2.00 bits per heavy atom. The fourth-order valence-electron chi connectivity index (χ4n) is 5.17. The minimum atomic E-state index is -0.198. The van der Waals surface area contributed by atoms with E-state index in [1.807, 2.05) is 35.0 Å². The summed E-state index contributed by atoms with van der Waals surface area (Å²) in [5, 5.41) is 3.10. The number of nitrogens with zero attached hydrogens (tertiary/aromatic N) is 2. The zero-order valence-electron chi connectivity index (χ0n) is 17.5. The fraction of sp³-hybridized carbons (Fsp3) is 0.417. The maximum absolute atomic E-state index is 13.3. The van der Waals surface area contributed by atoms with Crippen molar-refractivity contribution < 1.29 is 19.0 Å². The summed E-state index contributed by atoms with van der Waals surface area (Å²) in [6, 6.07) is 7.87. The van der Waals surface area contributed by atoms with Crippen LogP contribution in [0.2, 0.25) is 0 Å². The van der Waals surface area contributed by atoms with Crippen LogP contribution >= 0.6 is 0 Å². The number of benzene rings is 1. The Kier molecular flexibility index (Phi) is 4.47. The smallest absolute Gasteiger partial charge is 0.260 e. The van der Waals surface area contributed by atoms with Gasteiger partial charge in [0.05, 0.1) is 30.6 Å². The molecule has 2 unspecified atom stereocenters. The largest absolute Gasteiger partial charge is 0.496 e. The SMILES string of the molecule is COc1cc2nc(C3CCOCC3)cn2cc1C(=O)Nc1cccc2c1C1CCC2O1. The summed E-state index contributed by atoms with van der Waals surface area (Å²) in [7, 11) is 1.58. The van der Waals surface area contributed by atoms with Crippen molar-refractivity contribution in [3.05, 3.63) is 59.0 Å². The highest BCUT2D eigenvalue weighted by Crippen LogP contribution is 2.52. The summed E-state index contributed by atoms with van der Waals surface area (Å²) in [5.41, 5.74) is 5.44. The lowest BCUT2D eigenvalue weighted by molar-refractivity contribution is 0.0718. The van der Waals surface area contributed by atoms with Crippen molar-refractivity contribution in [1.29, 1.82) is 0 Å². The normalized spacial score (nSPS) is 22.6. The van der Waals surface area contributed by atoms with Crippen LogP contribution in [-0.2, 0) is 9.47 Å². The monoisotopic (exact) mass is 419 g/mol. The maximum Gasteiger partial charge on any atom is 0.260 e. The molecular weight excluding hydrogens is 394 g/mol. The van der Waals surface area contributed by atoms with Gasteiger partial charge in [-0.1, -0.05) is 12.1 Å². The summed E-state index contributed by atoms with van der Waals surface area (Å²) in [6.45, 7) is 1.53. The molecule has 7 heteroatoms. The molecule has 3 aliphatic rings. The van der Waals surface area contributed by atoms with E-state index in [4.69, 9.17) is 19.2 Å². The third-order valence-corrected chi connectivity index (χ3v) is 6.75. The number of hydrogen-bond acceptors (Lipinski definition) is 5. The fourth-order valence-corrected chi connectivity index (χ4v) is 5.17. The van der Waals surface area contributed by atoms with Crippen LogP contribution < -0.4 is 10.1 Å². The van der Waals surface area contributed by atoms with Crippen molar-refractivity contribution >= 4 is 17.2 Å². The van der Waals surface area contributed by atoms with E-state index in [0.717, 1.165) is 61.5 Å². The van der Waals surface area contributed by atoms with Gasteiger partial charge in [0.1, 0.15) is 11.4 Å². The third kappa shape index (κ3) is 3.11. The van der Waals surface area contributed by atoms with Gasteiger partial charge in [0.15, 0.2) is 0 Å². The Balaban J connectivity index is 1.33. The Hall–Kier alpha value is -2.90. The van der Waals surface area contributed by atoms with Crippen molar-refractivity contribution in [3.8, 4) is 5.75 Å². The summed E-state index contributed by atoms with van der Waals surface area (Å²) in [5.74, 6) is 0.704. The number of methoxy groups -OCH3 is 1. The number of ether oxygens (including phenoxy) is 3. The van der Waals surface area contributed by atoms with Crippen LogP contribution in [0.15, 0.2) is 36.7 Å². The first-order chi connectivity index (χ1) is 15.2. The van der Waals surface area contributed by atoms with E-state index in [1.165, 1.54) is 5.56 Å². The number of fused-ring (bicyclic) bond motifs is 6. The number of anilines is 1.